The number of hydrogen-bond acceptors (Lipinski definition) is 6. The average molecular weight is 886 g/mol. The molecular weight excluding hydrogens is 854 g/mol. The molecule has 262 valence electrons. The maximum Gasteiger partial charge on any atom is 0.135 e. The second-order valence-electron chi connectivity index (χ2n) is 14.1. The van der Waals surface area contributed by atoms with E-state index >= 15 is 0 Å². The van der Waals surface area contributed by atoms with Crippen LogP contribution < -0.4 is 14.5 Å². The first-order valence-electron chi connectivity index (χ1n) is 17.3. The van der Waals surface area contributed by atoms with Crippen LogP contribution in [0.3, 0.4) is 0 Å². The Morgan fingerprint density at radius 1 is 0.679 bits per heavy atom. The largest absolute Gasteiger partial charge is 0.509 e. The van der Waals surface area contributed by atoms with E-state index in [9.17, 15) is 0 Å². The zero-order valence-electron chi connectivity index (χ0n) is 29.1. The van der Waals surface area contributed by atoms with E-state index in [-0.39, 0.29) is 26.5 Å². The maximum atomic E-state index is 6.52. The number of benzene rings is 5. The zero-order valence-corrected chi connectivity index (χ0v) is 32.2. The Bertz CT molecular complexity index is 2840. The molecule has 0 saturated heterocycles. The monoisotopic (exact) mass is 885 g/mol. The van der Waals surface area contributed by atoms with Gasteiger partial charge in [-0.3, -0.25) is 4.98 Å². The summed E-state index contributed by atoms with van der Waals surface area (Å²) in [5.41, 5.74) is 7.13. The molecule has 5 heterocycles. The van der Waals surface area contributed by atoms with Gasteiger partial charge in [-0.15, -0.1) is 59.4 Å². The Hall–Kier alpha value is -5.49. The molecule has 0 spiro atoms. The van der Waals surface area contributed by atoms with Crippen molar-refractivity contribution in [2.45, 2.75) is 26.2 Å². The third-order valence-electron chi connectivity index (χ3n) is 9.80. The Kier molecular flexibility index (Phi) is 8.10. The van der Waals surface area contributed by atoms with E-state index in [0.717, 1.165) is 50.4 Å². The molecule has 0 atom stereocenters. The second-order valence-corrected chi connectivity index (χ2v) is 15.2. The van der Waals surface area contributed by atoms with Crippen LogP contribution in [0.4, 0.5) is 22.7 Å². The molecule has 0 amide bonds. The number of pyridine rings is 2. The van der Waals surface area contributed by atoms with Crippen LogP contribution in [-0.2, 0) is 26.5 Å². The van der Waals surface area contributed by atoms with Crippen molar-refractivity contribution in [1.29, 1.82) is 0 Å². The topological polar surface area (TPSA) is 46.4 Å². The number of nitrogens with zero attached hydrogens (tertiary/aromatic N) is 5. The third-order valence-corrected chi connectivity index (χ3v) is 10.9. The van der Waals surface area contributed by atoms with Crippen LogP contribution in [0, 0.1) is 18.8 Å². The minimum atomic E-state index is -0.0113. The number of hydrogen-bond donors (Lipinski definition) is 0. The van der Waals surface area contributed by atoms with E-state index < -0.39 is 0 Å². The fourth-order valence-electron chi connectivity index (χ4n) is 7.20. The molecule has 8 heteroatoms. The number of anilines is 4. The Balaban J connectivity index is 0.00000372. The Morgan fingerprint density at radius 2 is 1.49 bits per heavy atom. The third kappa shape index (κ3) is 5.67. The van der Waals surface area contributed by atoms with Crippen molar-refractivity contribution in [1.82, 2.24) is 14.5 Å². The summed E-state index contributed by atoms with van der Waals surface area (Å²) in [7, 11) is 0. The van der Waals surface area contributed by atoms with Gasteiger partial charge in [0.25, 0.3) is 0 Å². The molecule has 1 aliphatic heterocycles. The van der Waals surface area contributed by atoms with Crippen LogP contribution in [0.25, 0.3) is 47.8 Å². The molecule has 0 fully saturated rings. The molecule has 10 rings (SSSR count). The van der Waals surface area contributed by atoms with Crippen LogP contribution in [0.2, 0.25) is 0 Å². The second kappa shape index (κ2) is 12.9. The van der Waals surface area contributed by atoms with E-state index in [1.807, 2.05) is 60.3 Å². The summed E-state index contributed by atoms with van der Waals surface area (Å²) in [5.74, 6) is 2.05. The fourth-order valence-corrected chi connectivity index (χ4v) is 8.29. The standard InChI is InChI=1S/C45H32N5OS.Pt/c1-45(2,3)29-19-22-47-44(23-29)50-38-13-6-4-11-34(38)35-17-16-33(26-40(35)50)51-32-10-8-9-30(24-32)48-28-49(41-27-46-21-20-39(41)48)31-15-18-43-37(25-31)36-12-5-7-14-42(36)52-43;/h4-23,25,27-28H,1-3H3;/q-3;. The summed E-state index contributed by atoms with van der Waals surface area (Å²) >= 11 is 1.82. The maximum absolute atomic E-state index is 6.52. The van der Waals surface area contributed by atoms with Crippen molar-refractivity contribution in [3.63, 3.8) is 0 Å². The molecule has 0 aliphatic carbocycles. The SMILES string of the molecule is CC(C)(C)c1ccnc(-n2c3[c-]c(Oc4[c-]c(N5[CH-]N(c6ccc7sc8ccccc8c7c6)c6cnccc65)ccc4)ccc3c3ccccc32)c1.[Pt]. The minimum Gasteiger partial charge on any atom is -0.509 e. The molecule has 0 bridgehead atoms. The van der Waals surface area contributed by atoms with Gasteiger partial charge in [-0.2, -0.15) is 12.1 Å². The number of rotatable bonds is 5. The van der Waals surface area contributed by atoms with E-state index in [0.29, 0.717) is 11.5 Å². The number of ether oxygens (including phenoxy) is 1. The van der Waals surface area contributed by atoms with Crippen LogP contribution in [-0.4, -0.2) is 14.5 Å². The fraction of sp³-hybridized carbons (Fsp3) is 0.0889. The average Bonchev–Trinajstić information content (AvgIpc) is 3.84. The summed E-state index contributed by atoms with van der Waals surface area (Å²) in [4.78, 5) is 13.6. The molecule has 0 saturated carbocycles. The van der Waals surface area contributed by atoms with Gasteiger partial charge in [0, 0.05) is 82.0 Å². The van der Waals surface area contributed by atoms with Crippen molar-refractivity contribution in [3.05, 3.63) is 158 Å². The van der Waals surface area contributed by atoms with Gasteiger partial charge in [-0.05, 0) is 64.9 Å². The van der Waals surface area contributed by atoms with Gasteiger partial charge in [0.1, 0.15) is 5.82 Å². The first-order valence-corrected chi connectivity index (χ1v) is 18.1. The van der Waals surface area contributed by atoms with Crippen LogP contribution in [0.1, 0.15) is 26.3 Å². The van der Waals surface area contributed by atoms with Crippen molar-refractivity contribution in [2.24, 2.45) is 0 Å². The van der Waals surface area contributed by atoms with Crippen LogP contribution >= 0.6 is 11.3 Å². The van der Waals surface area contributed by atoms with Gasteiger partial charge < -0.3 is 19.1 Å². The van der Waals surface area contributed by atoms with E-state index in [1.165, 1.54) is 25.7 Å². The number of aromatic nitrogens is 3. The molecule has 1 aliphatic rings. The van der Waals surface area contributed by atoms with Gasteiger partial charge in [-0.1, -0.05) is 62.7 Å². The van der Waals surface area contributed by atoms with Crippen LogP contribution in [0.15, 0.2) is 134 Å². The quantitative estimate of drug-likeness (QED) is 0.161. The van der Waals surface area contributed by atoms with E-state index in [2.05, 4.69) is 144 Å². The molecule has 0 unspecified atom stereocenters. The number of para-hydroxylation sites is 1. The molecule has 9 aromatic rings. The number of fused-ring (bicyclic) bond motifs is 7. The van der Waals surface area contributed by atoms with Crippen molar-refractivity contribution < 1.29 is 25.8 Å². The number of thiophene rings is 1. The molecular formula is C45H32N5OPtS-3. The van der Waals surface area contributed by atoms with Gasteiger partial charge >= 0.3 is 0 Å². The van der Waals surface area contributed by atoms with E-state index in [1.54, 1.807) is 0 Å². The Morgan fingerprint density at radius 3 is 2.38 bits per heavy atom. The van der Waals surface area contributed by atoms with Gasteiger partial charge in [0.05, 0.1) is 11.9 Å². The summed E-state index contributed by atoms with van der Waals surface area (Å²) in [6.45, 7) is 8.77. The molecule has 53 heavy (non-hydrogen) atoms. The predicted octanol–water partition coefficient (Wildman–Crippen LogP) is 12.0. The minimum absolute atomic E-state index is 0. The molecule has 4 aromatic heterocycles. The summed E-state index contributed by atoms with van der Waals surface area (Å²) in [6.07, 6.45) is 5.64. The van der Waals surface area contributed by atoms with Crippen molar-refractivity contribution in [3.8, 4) is 17.3 Å². The normalized spacial score (nSPS) is 12.9. The van der Waals surface area contributed by atoms with Crippen LogP contribution in [0.5, 0.6) is 11.5 Å². The first kappa shape index (κ1) is 33.4. The Labute approximate surface area is 326 Å². The summed E-state index contributed by atoms with van der Waals surface area (Å²) in [5, 5.41) is 4.76. The zero-order chi connectivity index (χ0) is 35.0. The first-order chi connectivity index (χ1) is 25.4. The van der Waals surface area contributed by atoms with Crippen molar-refractivity contribution in [2.75, 3.05) is 9.80 Å². The van der Waals surface area contributed by atoms with Crippen molar-refractivity contribution >= 4 is 76.1 Å². The van der Waals surface area contributed by atoms with Gasteiger partial charge in [0.15, 0.2) is 0 Å². The van der Waals surface area contributed by atoms with Gasteiger partial charge in [-0.25, -0.2) is 4.98 Å². The molecule has 6 nitrogen and oxygen atoms in total. The van der Waals surface area contributed by atoms with Gasteiger partial charge in [0.2, 0.25) is 0 Å². The molecule has 5 aromatic carbocycles. The molecule has 0 radical (unpaired) electrons. The smallest absolute Gasteiger partial charge is 0.135 e. The summed E-state index contributed by atoms with van der Waals surface area (Å²) in [6, 6.07) is 47.2. The predicted molar refractivity (Wildman–Crippen MR) is 214 cm³/mol. The summed E-state index contributed by atoms with van der Waals surface area (Å²) < 4.78 is 11.3. The van der Waals surface area contributed by atoms with E-state index in [4.69, 9.17) is 9.72 Å². The molecule has 0 N–H and O–H groups in total.